The Labute approximate surface area is 128 Å². The number of carbonyl (C=O) groups is 1. The molecule has 0 fully saturated rings. The monoisotopic (exact) mass is 317 g/mol. The predicted octanol–water partition coefficient (Wildman–Crippen LogP) is 3.16. The summed E-state index contributed by atoms with van der Waals surface area (Å²) >= 11 is 0. The normalized spacial score (nSPS) is 14.5. The average Bonchev–Trinajstić information content (AvgIpc) is 2.46. The van der Waals surface area contributed by atoms with Crippen LogP contribution in [0.5, 0.6) is 0 Å². The zero-order valence-electron chi connectivity index (χ0n) is 12.8. The van der Waals surface area contributed by atoms with E-state index in [4.69, 9.17) is 5.11 Å². The molecule has 1 rings (SSSR count). The van der Waals surface area contributed by atoms with Crippen LogP contribution in [0.4, 0.5) is 13.2 Å². The van der Waals surface area contributed by atoms with Gasteiger partial charge in [-0.1, -0.05) is 26.0 Å². The van der Waals surface area contributed by atoms with Crippen molar-refractivity contribution in [1.29, 1.82) is 0 Å². The van der Waals surface area contributed by atoms with Crippen molar-refractivity contribution >= 4 is 5.91 Å². The molecule has 6 heteroatoms. The molecule has 0 aliphatic carbocycles. The fraction of sp³-hybridized carbons (Fsp3) is 0.562. The molecule has 0 aromatic heterocycles. The molecule has 0 heterocycles. The highest BCUT2D eigenvalue weighted by Crippen LogP contribution is 2.29. The number of hydrogen-bond donors (Lipinski definition) is 2. The summed E-state index contributed by atoms with van der Waals surface area (Å²) in [6.45, 7) is 3.66. The predicted molar refractivity (Wildman–Crippen MR) is 78.2 cm³/mol. The summed E-state index contributed by atoms with van der Waals surface area (Å²) in [6.07, 6.45) is -2.76. The molecule has 124 valence electrons. The van der Waals surface area contributed by atoms with Crippen molar-refractivity contribution in [2.75, 3.05) is 6.61 Å². The summed E-state index contributed by atoms with van der Waals surface area (Å²) in [6, 6.07) is 4.78. The number of carbonyl (C=O) groups excluding carboxylic acids is 1. The molecule has 1 aromatic carbocycles. The van der Waals surface area contributed by atoms with Crippen LogP contribution >= 0.6 is 0 Å². The van der Waals surface area contributed by atoms with Crippen LogP contribution in [0.2, 0.25) is 0 Å². The standard InChI is InChI=1S/C16H22F3NO2/c1-3-14(8-9-21)20-15(22)11(2)10-12-4-6-13(7-5-12)16(17,18)19/h4-7,11,14,21H,3,8-10H2,1-2H3,(H,20,22). The molecule has 0 spiro atoms. The number of halogens is 3. The lowest BCUT2D eigenvalue weighted by Gasteiger charge is -2.19. The second kappa shape index (κ2) is 8.17. The van der Waals surface area contributed by atoms with E-state index in [0.29, 0.717) is 18.4 Å². The van der Waals surface area contributed by atoms with Gasteiger partial charge in [0.25, 0.3) is 0 Å². The zero-order chi connectivity index (χ0) is 16.8. The molecule has 2 N–H and O–H groups in total. The van der Waals surface area contributed by atoms with Crippen LogP contribution in [0, 0.1) is 5.92 Å². The molecule has 2 unspecified atom stereocenters. The first-order valence-electron chi connectivity index (χ1n) is 7.35. The molecule has 0 aliphatic heterocycles. The Bertz CT molecular complexity index is 471. The Kier molecular flexibility index (Phi) is 6.87. The number of aliphatic hydroxyl groups excluding tert-OH is 1. The van der Waals surface area contributed by atoms with E-state index in [9.17, 15) is 18.0 Å². The van der Waals surface area contributed by atoms with Crippen molar-refractivity contribution in [2.45, 2.75) is 45.3 Å². The van der Waals surface area contributed by atoms with Gasteiger partial charge >= 0.3 is 6.18 Å². The largest absolute Gasteiger partial charge is 0.416 e. The van der Waals surface area contributed by atoms with E-state index in [0.717, 1.165) is 18.6 Å². The fourth-order valence-corrected chi connectivity index (χ4v) is 2.15. The Morgan fingerprint density at radius 3 is 2.32 bits per heavy atom. The maximum Gasteiger partial charge on any atom is 0.416 e. The van der Waals surface area contributed by atoms with E-state index < -0.39 is 11.7 Å². The molecule has 0 bridgehead atoms. The third kappa shape index (κ3) is 5.67. The fourth-order valence-electron chi connectivity index (χ4n) is 2.15. The topological polar surface area (TPSA) is 49.3 Å². The van der Waals surface area contributed by atoms with Crippen LogP contribution in [-0.4, -0.2) is 23.7 Å². The van der Waals surface area contributed by atoms with E-state index in [1.165, 1.54) is 12.1 Å². The molecule has 0 aliphatic rings. The first kappa shape index (κ1) is 18.5. The summed E-state index contributed by atoms with van der Waals surface area (Å²) in [5.74, 6) is -0.496. The third-order valence-corrected chi connectivity index (χ3v) is 3.59. The molecule has 0 saturated carbocycles. The number of aliphatic hydroxyl groups is 1. The summed E-state index contributed by atoms with van der Waals surface area (Å²) < 4.78 is 37.4. The number of alkyl halides is 3. The molecule has 2 atom stereocenters. The number of hydrogen-bond acceptors (Lipinski definition) is 2. The number of benzene rings is 1. The van der Waals surface area contributed by atoms with Crippen LogP contribution in [0.3, 0.4) is 0 Å². The van der Waals surface area contributed by atoms with Gasteiger partial charge in [-0.05, 0) is 37.0 Å². The first-order valence-corrected chi connectivity index (χ1v) is 7.35. The summed E-state index contributed by atoms with van der Waals surface area (Å²) in [4.78, 5) is 12.0. The number of rotatable bonds is 7. The van der Waals surface area contributed by atoms with Gasteiger partial charge < -0.3 is 10.4 Å². The third-order valence-electron chi connectivity index (χ3n) is 3.59. The van der Waals surface area contributed by atoms with Crippen molar-refractivity contribution in [3.63, 3.8) is 0 Å². The Morgan fingerprint density at radius 1 is 1.27 bits per heavy atom. The minimum absolute atomic E-state index is 0.00602. The van der Waals surface area contributed by atoms with Gasteiger partial charge in [-0.25, -0.2) is 0 Å². The minimum Gasteiger partial charge on any atom is -0.396 e. The Morgan fingerprint density at radius 2 is 1.86 bits per heavy atom. The number of amides is 1. The van der Waals surface area contributed by atoms with Gasteiger partial charge in [-0.3, -0.25) is 4.79 Å². The van der Waals surface area contributed by atoms with Crippen LogP contribution in [0.25, 0.3) is 0 Å². The van der Waals surface area contributed by atoms with E-state index in [2.05, 4.69) is 5.32 Å². The van der Waals surface area contributed by atoms with Gasteiger partial charge in [0.05, 0.1) is 5.56 Å². The average molecular weight is 317 g/mol. The van der Waals surface area contributed by atoms with Crippen molar-refractivity contribution in [2.24, 2.45) is 5.92 Å². The zero-order valence-corrected chi connectivity index (χ0v) is 12.8. The molecule has 0 radical (unpaired) electrons. The van der Waals surface area contributed by atoms with E-state index >= 15 is 0 Å². The van der Waals surface area contributed by atoms with Crippen molar-refractivity contribution in [3.8, 4) is 0 Å². The smallest absolute Gasteiger partial charge is 0.396 e. The quantitative estimate of drug-likeness (QED) is 0.811. The lowest BCUT2D eigenvalue weighted by molar-refractivity contribution is -0.137. The Hall–Kier alpha value is -1.56. The molecule has 3 nitrogen and oxygen atoms in total. The van der Waals surface area contributed by atoms with Crippen LogP contribution in [-0.2, 0) is 17.4 Å². The van der Waals surface area contributed by atoms with Crippen molar-refractivity contribution < 1.29 is 23.1 Å². The molecular weight excluding hydrogens is 295 g/mol. The first-order chi connectivity index (χ1) is 10.3. The van der Waals surface area contributed by atoms with Crippen LogP contribution in [0.1, 0.15) is 37.8 Å². The van der Waals surface area contributed by atoms with Crippen LogP contribution in [0.15, 0.2) is 24.3 Å². The molecule has 0 saturated heterocycles. The second-order valence-electron chi connectivity index (χ2n) is 5.43. The maximum atomic E-state index is 12.5. The van der Waals surface area contributed by atoms with Crippen molar-refractivity contribution in [1.82, 2.24) is 5.32 Å². The van der Waals surface area contributed by atoms with Gasteiger partial charge in [0.2, 0.25) is 5.91 Å². The molecule has 1 amide bonds. The lowest BCUT2D eigenvalue weighted by Crippen LogP contribution is -2.38. The van der Waals surface area contributed by atoms with Gasteiger partial charge in [0.15, 0.2) is 0 Å². The molecular formula is C16H22F3NO2. The summed E-state index contributed by atoms with van der Waals surface area (Å²) in [5, 5.41) is 11.7. The highest BCUT2D eigenvalue weighted by molar-refractivity contribution is 5.78. The maximum absolute atomic E-state index is 12.5. The molecule has 1 aromatic rings. The minimum atomic E-state index is -4.35. The highest BCUT2D eigenvalue weighted by atomic mass is 19.4. The van der Waals surface area contributed by atoms with Gasteiger partial charge in [0, 0.05) is 18.6 Å². The van der Waals surface area contributed by atoms with E-state index in [1.54, 1.807) is 6.92 Å². The number of nitrogens with one attached hydrogen (secondary N) is 1. The van der Waals surface area contributed by atoms with Gasteiger partial charge in [0.1, 0.15) is 0 Å². The van der Waals surface area contributed by atoms with E-state index in [-0.39, 0.29) is 24.5 Å². The Balaban J connectivity index is 2.60. The van der Waals surface area contributed by atoms with E-state index in [1.807, 2.05) is 6.92 Å². The van der Waals surface area contributed by atoms with Gasteiger partial charge in [-0.2, -0.15) is 13.2 Å². The van der Waals surface area contributed by atoms with Crippen molar-refractivity contribution in [3.05, 3.63) is 35.4 Å². The summed E-state index contributed by atoms with van der Waals surface area (Å²) in [5.41, 5.74) is -0.00629. The lowest BCUT2D eigenvalue weighted by atomic mass is 9.98. The SMILES string of the molecule is CCC(CCO)NC(=O)C(C)Cc1ccc(C(F)(F)F)cc1. The molecule has 22 heavy (non-hydrogen) atoms. The van der Waals surface area contributed by atoms with Gasteiger partial charge in [-0.15, -0.1) is 0 Å². The highest BCUT2D eigenvalue weighted by Gasteiger charge is 2.30. The summed E-state index contributed by atoms with van der Waals surface area (Å²) in [7, 11) is 0. The second-order valence-corrected chi connectivity index (χ2v) is 5.43. The van der Waals surface area contributed by atoms with Crippen LogP contribution < -0.4 is 5.32 Å².